The van der Waals surface area contributed by atoms with Crippen LogP contribution in [0.5, 0.6) is 11.5 Å². The first-order valence-corrected chi connectivity index (χ1v) is 8.41. The quantitative estimate of drug-likeness (QED) is 0.661. The van der Waals surface area contributed by atoms with E-state index in [9.17, 15) is 18.4 Å². The standard InChI is InChI=1S/C19H21F2N3O4/c1-11(2)22-19(26)24-14-7-5-4-6-13(14)23-17(25)12-8-9-15(27-3)16(10-12)28-18(20)21/h4-11,18H,1-3H3,(H,23,25)(H2,22,24,26). The van der Waals surface area contributed by atoms with E-state index in [2.05, 4.69) is 20.7 Å². The molecule has 0 saturated heterocycles. The number of carbonyl (C=O) groups is 2. The SMILES string of the molecule is COc1ccc(C(=O)Nc2ccccc2NC(=O)NC(C)C)cc1OC(F)F. The second kappa shape index (κ2) is 9.54. The van der Waals surface area contributed by atoms with Crippen molar-refractivity contribution in [2.75, 3.05) is 17.7 Å². The molecule has 0 saturated carbocycles. The van der Waals surface area contributed by atoms with E-state index in [1.54, 1.807) is 24.3 Å². The Hall–Kier alpha value is -3.36. The summed E-state index contributed by atoms with van der Waals surface area (Å²) in [7, 11) is 1.30. The van der Waals surface area contributed by atoms with Crippen LogP contribution in [0, 0.1) is 0 Å². The van der Waals surface area contributed by atoms with Crippen LogP contribution in [0.4, 0.5) is 25.0 Å². The molecule has 2 rings (SSSR count). The van der Waals surface area contributed by atoms with Gasteiger partial charge in [-0.2, -0.15) is 8.78 Å². The highest BCUT2D eigenvalue weighted by Gasteiger charge is 2.16. The lowest BCUT2D eigenvalue weighted by Crippen LogP contribution is -2.34. The van der Waals surface area contributed by atoms with E-state index >= 15 is 0 Å². The summed E-state index contributed by atoms with van der Waals surface area (Å²) in [5, 5.41) is 7.96. The number of alkyl halides is 2. The summed E-state index contributed by atoms with van der Waals surface area (Å²) in [6, 6.07) is 10.0. The maximum absolute atomic E-state index is 12.6. The number of methoxy groups -OCH3 is 1. The van der Waals surface area contributed by atoms with Crippen molar-refractivity contribution in [3.05, 3.63) is 48.0 Å². The first-order chi connectivity index (χ1) is 13.3. The van der Waals surface area contributed by atoms with Gasteiger partial charge in [0.1, 0.15) is 0 Å². The molecule has 2 aromatic rings. The highest BCUT2D eigenvalue weighted by molar-refractivity contribution is 6.07. The number of benzene rings is 2. The molecular weight excluding hydrogens is 372 g/mol. The molecule has 0 aromatic heterocycles. The second-order valence-electron chi connectivity index (χ2n) is 6.00. The van der Waals surface area contributed by atoms with E-state index in [0.29, 0.717) is 11.4 Å². The summed E-state index contributed by atoms with van der Waals surface area (Å²) in [4.78, 5) is 24.5. The van der Waals surface area contributed by atoms with Crippen molar-refractivity contribution < 1.29 is 27.8 Å². The topological polar surface area (TPSA) is 88.7 Å². The third-order valence-electron chi connectivity index (χ3n) is 3.49. The predicted octanol–water partition coefficient (Wildman–Crippen LogP) is 4.08. The zero-order valence-electron chi connectivity index (χ0n) is 15.6. The van der Waals surface area contributed by atoms with Gasteiger partial charge in [-0.1, -0.05) is 12.1 Å². The lowest BCUT2D eigenvalue weighted by atomic mass is 10.1. The molecule has 0 fully saturated rings. The molecule has 2 aromatic carbocycles. The van der Waals surface area contributed by atoms with Gasteiger partial charge in [-0.15, -0.1) is 0 Å². The summed E-state index contributed by atoms with van der Waals surface area (Å²) in [5.41, 5.74) is 0.808. The van der Waals surface area contributed by atoms with Gasteiger partial charge in [0, 0.05) is 11.6 Å². The number of anilines is 2. The highest BCUT2D eigenvalue weighted by atomic mass is 19.3. The average molecular weight is 393 g/mol. The van der Waals surface area contributed by atoms with Gasteiger partial charge in [0.05, 0.1) is 18.5 Å². The van der Waals surface area contributed by atoms with E-state index in [1.165, 1.54) is 19.2 Å². The summed E-state index contributed by atoms with van der Waals surface area (Å²) >= 11 is 0. The molecule has 0 aliphatic heterocycles. The number of ether oxygens (including phenoxy) is 2. The number of amides is 3. The van der Waals surface area contributed by atoms with Crippen molar-refractivity contribution >= 4 is 23.3 Å². The van der Waals surface area contributed by atoms with E-state index in [0.717, 1.165) is 6.07 Å². The normalized spacial score (nSPS) is 10.5. The van der Waals surface area contributed by atoms with Gasteiger partial charge in [0.2, 0.25) is 0 Å². The smallest absolute Gasteiger partial charge is 0.387 e. The number of urea groups is 1. The van der Waals surface area contributed by atoms with Crippen LogP contribution in [0.3, 0.4) is 0 Å². The molecule has 0 spiro atoms. The summed E-state index contributed by atoms with van der Waals surface area (Å²) in [5.74, 6) is -0.752. The van der Waals surface area contributed by atoms with E-state index < -0.39 is 18.5 Å². The maximum atomic E-state index is 12.6. The molecular formula is C19H21F2N3O4. The molecule has 3 amide bonds. The fourth-order valence-electron chi connectivity index (χ4n) is 2.32. The van der Waals surface area contributed by atoms with Crippen LogP contribution in [0.2, 0.25) is 0 Å². The highest BCUT2D eigenvalue weighted by Crippen LogP contribution is 2.30. The average Bonchev–Trinajstić information content (AvgIpc) is 2.62. The summed E-state index contributed by atoms with van der Waals surface area (Å²) in [6.07, 6.45) is 0. The zero-order valence-corrected chi connectivity index (χ0v) is 15.6. The Morgan fingerprint density at radius 3 is 2.18 bits per heavy atom. The molecule has 0 radical (unpaired) electrons. The molecule has 9 heteroatoms. The fourth-order valence-corrected chi connectivity index (χ4v) is 2.32. The monoisotopic (exact) mass is 393 g/mol. The molecule has 0 atom stereocenters. The predicted molar refractivity (Wildman–Crippen MR) is 101 cm³/mol. The summed E-state index contributed by atoms with van der Waals surface area (Å²) in [6.45, 7) is 0.572. The van der Waals surface area contributed by atoms with Crippen molar-refractivity contribution in [2.24, 2.45) is 0 Å². The summed E-state index contributed by atoms with van der Waals surface area (Å²) < 4.78 is 34.4. The molecule has 150 valence electrons. The molecule has 0 aliphatic rings. The third kappa shape index (κ3) is 5.83. The van der Waals surface area contributed by atoms with Crippen LogP contribution in [0.25, 0.3) is 0 Å². The first kappa shape index (κ1) is 20.9. The number of hydrogen-bond acceptors (Lipinski definition) is 4. The number of hydrogen-bond donors (Lipinski definition) is 3. The number of nitrogens with one attached hydrogen (secondary N) is 3. The third-order valence-corrected chi connectivity index (χ3v) is 3.49. The molecule has 0 unspecified atom stereocenters. The Kier molecular flexibility index (Phi) is 7.14. The minimum atomic E-state index is -3.06. The Morgan fingerprint density at radius 2 is 1.61 bits per heavy atom. The van der Waals surface area contributed by atoms with Gasteiger partial charge in [-0.05, 0) is 44.2 Å². The Morgan fingerprint density at radius 1 is 0.964 bits per heavy atom. The van der Waals surface area contributed by atoms with E-state index in [-0.39, 0.29) is 23.1 Å². The Balaban J connectivity index is 2.20. The minimum absolute atomic E-state index is 0.0608. The molecule has 3 N–H and O–H groups in total. The molecule has 0 heterocycles. The van der Waals surface area contributed by atoms with E-state index in [1.807, 2.05) is 13.8 Å². The number of para-hydroxylation sites is 2. The molecule has 28 heavy (non-hydrogen) atoms. The van der Waals surface area contributed by atoms with Crippen LogP contribution in [-0.2, 0) is 0 Å². The van der Waals surface area contributed by atoms with Gasteiger partial charge in [0.25, 0.3) is 5.91 Å². The Bertz CT molecular complexity index is 844. The van der Waals surface area contributed by atoms with Crippen molar-refractivity contribution in [3.63, 3.8) is 0 Å². The van der Waals surface area contributed by atoms with Crippen molar-refractivity contribution in [1.82, 2.24) is 5.32 Å². The van der Waals surface area contributed by atoms with Crippen LogP contribution in [0.15, 0.2) is 42.5 Å². The van der Waals surface area contributed by atoms with Gasteiger partial charge in [-0.25, -0.2) is 4.79 Å². The number of halogens is 2. The van der Waals surface area contributed by atoms with Crippen molar-refractivity contribution in [2.45, 2.75) is 26.5 Å². The van der Waals surface area contributed by atoms with Gasteiger partial charge in [-0.3, -0.25) is 4.79 Å². The molecule has 0 bridgehead atoms. The molecule has 7 nitrogen and oxygen atoms in total. The van der Waals surface area contributed by atoms with Crippen LogP contribution in [-0.4, -0.2) is 31.7 Å². The minimum Gasteiger partial charge on any atom is -0.493 e. The van der Waals surface area contributed by atoms with Crippen LogP contribution < -0.4 is 25.4 Å². The lowest BCUT2D eigenvalue weighted by molar-refractivity contribution is -0.0512. The first-order valence-electron chi connectivity index (χ1n) is 8.41. The van der Waals surface area contributed by atoms with Crippen LogP contribution >= 0.6 is 0 Å². The lowest BCUT2D eigenvalue weighted by Gasteiger charge is -2.15. The van der Waals surface area contributed by atoms with Gasteiger partial charge in [0.15, 0.2) is 11.5 Å². The zero-order chi connectivity index (χ0) is 20.7. The largest absolute Gasteiger partial charge is 0.493 e. The number of carbonyl (C=O) groups excluding carboxylic acids is 2. The second-order valence-corrected chi connectivity index (χ2v) is 6.00. The van der Waals surface area contributed by atoms with Crippen molar-refractivity contribution in [1.29, 1.82) is 0 Å². The van der Waals surface area contributed by atoms with E-state index in [4.69, 9.17) is 4.74 Å². The Labute approximate surface area is 161 Å². The number of rotatable bonds is 7. The molecule has 0 aliphatic carbocycles. The van der Waals surface area contributed by atoms with Crippen LogP contribution in [0.1, 0.15) is 24.2 Å². The van der Waals surface area contributed by atoms with Crippen molar-refractivity contribution in [3.8, 4) is 11.5 Å². The van der Waals surface area contributed by atoms with Gasteiger partial charge < -0.3 is 25.4 Å². The van der Waals surface area contributed by atoms with Gasteiger partial charge >= 0.3 is 12.6 Å². The maximum Gasteiger partial charge on any atom is 0.387 e. The fraction of sp³-hybridized carbons (Fsp3) is 0.263.